The standard InChI is InChI=1S/C63H91N3O8/c1-56(73)20-7-8-21-57(2)54-58(3)35-61(55(57)72,42-27-39(33-65-6)28-44(69)30-42)22-23-63(54,66-37-56)36-62(24-25-67)51(58)19-18-48-52(50(71)32-59(48,62)4)46(40-13-9-12-38(26-40)34-68)31-49(70)53-60(5,74-53)47-17-11-16-45(47)41-14-10-15-43(64)29-41/h10,14-15,27-30,38,40,45-47,49,51,53-54,65-70,73H,7-9,11-13,16-26,31-37,64H2,1-6H3/t38-,40+,45-,46+,47+,49-,51-,53-,54+,56+,57-,58+,59+,60-,61+,62+,63+/m1/s1. The van der Waals surface area contributed by atoms with Crippen molar-refractivity contribution < 1.29 is 39.9 Å². The molecule has 11 nitrogen and oxygen atoms in total. The lowest BCUT2D eigenvalue weighted by atomic mass is 9.30. The van der Waals surface area contributed by atoms with Crippen LogP contribution in [-0.2, 0) is 26.3 Å². The Balaban J connectivity index is 1.03. The molecule has 11 heteroatoms. The Hall–Kier alpha value is -3.16. The van der Waals surface area contributed by atoms with Gasteiger partial charge in [-0.3, -0.25) is 9.59 Å². The molecule has 5 bridgehead atoms. The van der Waals surface area contributed by atoms with Gasteiger partial charge < -0.3 is 46.6 Å². The summed E-state index contributed by atoms with van der Waals surface area (Å²) < 4.78 is 6.74. The number of phenols is 1. The topological polar surface area (TPSA) is 198 Å². The number of hydrogen-bond acceptors (Lipinski definition) is 11. The lowest BCUT2D eigenvalue weighted by molar-refractivity contribution is -0.227. The highest BCUT2D eigenvalue weighted by molar-refractivity contribution is 6.01. The minimum atomic E-state index is -0.965. The fourth-order valence-corrected chi connectivity index (χ4v) is 20.8. The smallest absolute Gasteiger partial charge is 0.160 e. The number of hydrogen-bond donors (Lipinski definition) is 8. The normalized spacial score (nSPS) is 44.6. The number of phenolic OH excluding ortho intramolecular Hbond substituents is 1. The number of carbonyl (C=O) groups excluding carboxylic acids is 2. The first kappa shape index (κ1) is 52.9. The van der Waals surface area contributed by atoms with Gasteiger partial charge in [-0.05, 0) is 216 Å². The number of benzene rings is 2. The van der Waals surface area contributed by atoms with Crippen molar-refractivity contribution in [1.82, 2.24) is 10.6 Å². The van der Waals surface area contributed by atoms with Crippen molar-refractivity contribution in [1.29, 1.82) is 0 Å². The van der Waals surface area contributed by atoms with Gasteiger partial charge in [0.1, 0.15) is 17.6 Å². The predicted octanol–water partition coefficient (Wildman–Crippen LogP) is 9.35. The second-order valence-electron chi connectivity index (χ2n) is 27.7. The molecule has 10 aliphatic rings. The number of nitrogens with one attached hydrogen (secondary N) is 2. The summed E-state index contributed by atoms with van der Waals surface area (Å²) in [6.45, 7) is 12.3. The number of aliphatic hydroxyl groups is 4. The van der Waals surface area contributed by atoms with Crippen molar-refractivity contribution in [3.63, 3.8) is 0 Å². The van der Waals surface area contributed by atoms with Crippen LogP contribution in [0.4, 0.5) is 5.69 Å². The van der Waals surface area contributed by atoms with Crippen LogP contribution < -0.4 is 16.4 Å². The summed E-state index contributed by atoms with van der Waals surface area (Å²) in [5, 5.41) is 66.1. The first-order valence-electron chi connectivity index (χ1n) is 29.4. The van der Waals surface area contributed by atoms with Gasteiger partial charge in [0.2, 0.25) is 0 Å². The van der Waals surface area contributed by atoms with Crippen LogP contribution in [0, 0.1) is 57.2 Å². The summed E-state index contributed by atoms with van der Waals surface area (Å²) >= 11 is 0. The molecule has 2 heterocycles. The summed E-state index contributed by atoms with van der Waals surface area (Å²) in [6, 6.07) is 14.1. The Morgan fingerprint density at radius 1 is 0.905 bits per heavy atom. The largest absolute Gasteiger partial charge is 0.508 e. The van der Waals surface area contributed by atoms with Crippen LogP contribution in [0.25, 0.3) is 0 Å². The molecule has 9 fully saturated rings. The molecular formula is C63H91N3O8. The van der Waals surface area contributed by atoms with E-state index in [0.29, 0.717) is 82.6 Å². The molecule has 2 aromatic rings. The van der Waals surface area contributed by atoms with Crippen molar-refractivity contribution in [3.8, 4) is 5.75 Å². The lowest BCUT2D eigenvalue weighted by Crippen LogP contribution is -2.76. The number of carbonyl (C=O) groups is 2. The maximum absolute atomic E-state index is 16.2. The van der Waals surface area contributed by atoms with E-state index in [1.165, 1.54) is 11.1 Å². The van der Waals surface area contributed by atoms with Crippen LogP contribution in [0.3, 0.4) is 0 Å². The first-order chi connectivity index (χ1) is 35.2. The van der Waals surface area contributed by atoms with E-state index in [4.69, 9.17) is 10.5 Å². The van der Waals surface area contributed by atoms with Gasteiger partial charge in [0.25, 0.3) is 0 Å². The molecule has 2 aromatic carbocycles. The number of nitrogens with two attached hydrogens (primary N) is 1. The number of fused-ring (bicyclic) bond motifs is 4. The number of allylic oxidation sites excluding steroid dienone is 2. The van der Waals surface area contributed by atoms with Gasteiger partial charge >= 0.3 is 0 Å². The number of epoxide rings is 1. The third kappa shape index (κ3) is 8.01. The lowest BCUT2D eigenvalue weighted by Gasteiger charge is -2.74. The Morgan fingerprint density at radius 2 is 1.69 bits per heavy atom. The molecule has 0 radical (unpaired) electrons. The molecule has 0 unspecified atom stereocenters. The molecule has 0 aromatic heterocycles. The van der Waals surface area contributed by atoms with Crippen LogP contribution in [0.2, 0.25) is 0 Å². The molecule has 17 atom stereocenters. The molecule has 7 saturated carbocycles. The Kier molecular flexibility index (Phi) is 13.4. The number of anilines is 1. The van der Waals surface area contributed by atoms with Gasteiger partial charge in [-0.1, -0.05) is 70.2 Å². The fraction of sp³-hybridized carbons (Fsp3) is 0.746. The zero-order valence-electron chi connectivity index (χ0n) is 45.7. The fourth-order valence-electron chi connectivity index (χ4n) is 20.8. The van der Waals surface area contributed by atoms with E-state index in [2.05, 4.69) is 56.5 Å². The minimum absolute atomic E-state index is 0.0308. The average molecular weight is 1020 g/mol. The first-order valence-corrected chi connectivity index (χ1v) is 29.4. The number of rotatable bonds is 13. The van der Waals surface area contributed by atoms with Gasteiger partial charge in [0.15, 0.2) is 5.78 Å². The van der Waals surface area contributed by atoms with Crippen molar-refractivity contribution >= 4 is 17.3 Å². The minimum Gasteiger partial charge on any atom is -0.508 e. The van der Waals surface area contributed by atoms with E-state index in [9.17, 15) is 25.5 Å². The SMILES string of the molecule is CNCc1cc(O)cc([C@]23CC[C@]45C[C@@]6(CCO)[C@H](CCC7=C([C@@H](C[C@@H](O)[C@H]8O[C@]8(C)[C@H]8CCC[C@@H]8c8cccc(N)c8)[C@H]8CCC[C@@H](CO)C8)C(=O)C[C@@]76C)[C@](C)(C2)[C@@H]4[C@@](C)(CCCC[C@](C)(O)CN5)C3=O)c1. The van der Waals surface area contributed by atoms with Crippen LogP contribution in [-0.4, -0.2) is 92.9 Å². The molecule has 2 aliphatic heterocycles. The van der Waals surface area contributed by atoms with Gasteiger partial charge in [0, 0.05) is 54.8 Å². The second kappa shape index (κ2) is 18.8. The van der Waals surface area contributed by atoms with Crippen molar-refractivity contribution in [3.05, 3.63) is 70.3 Å². The van der Waals surface area contributed by atoms with E-state index in [0.717, 1.165) is 93.0 Å². The summed E-state index contributed by atoms with van der Waals surface area (Å²) in [5.74, 6) is 1.24. The number of Topliss-reactive ketones (excluding diaryl/α,β-unsaturated/α-hetero) is 2. The Labute approximate surface area is 441 Å². The second-order valence-corrected chi connectivity index (χ2v) is 27.7. The summed E-state index contributed by atoms with van der Waals surface area (Å²) in [5.41, 5.74) is 7.02. The zero-order chi connectivity index (χ0) is 52.4. The van der Waals surface area contributed by atoms with Gasteiger partial charge in [-0.15, -0.1) is 0 Å². The number of ketones is 2. The van der Waals surface area contributed by atoms with E-state index in [1.807, 2.05) is 32.2 Å². The summed E-state index contributed by atoms with van der Waals surface area (Å²) in [7, 11) is 1.90. The Morgan fingerprint density at radius 3 is 2.45 bits per heavy atom. The molecule has 0 spiro atoms. The van der Waals surface area contributed by atoms with E-state index < -0.39 is 49.9 Å². The van der Waals surface area contributed by atoms with Gasteiger partial charge in [-0.2, -0.15) is 0 Å². The zero-order valence-corrected chi connectivity index (χ0v) is 45.7. The summed E-state index contributed by atoms with van der Waals surface area (Å²) in [6.07, 6.45) is 14.2. The van der Waals surface area contributed by atoms with Gasteiger partial charge in [-0.25, -0.2) is 0 Å². The van der Waals surface area contributed by atoms with E-state index >= 15 is 9.59 Å². The van der Waals surface area contributed by atoms with Crippen molar-refractivity contribution in [2.24, 2.45) is 57.2 Å². The third-order valence-electron chi connectivity index (χ3n) is 23.5. The van der Waals surface area contributed by atoms with E-state index in [-0.39, 0.29) is 66.4 Å². The van der Waals surface area contributed by atoms with Gasteiger partial charge in [0.05, 0.1) is 22.7 Å². The van der Waals surface area contributed by atoms with Crippen LogP contribution in [0.15, 0.2) is 53.6 Å². The number of β-amino-alcohol motifs (C(OH)–C–C–N with tert-alkyl or cyclic N) is 1. The highest BCUT2D eigenvalue weighted by atomic mass is 16.6. The molecule has 9 N–H and O–H groups in total. The number of aliphatic hydroxyl groups excluding tert-OH is 3. The molecule has 406 valence electrons. The van der Waals surface area contributed by atoms with E-state index in [1.54, 1.807) is 6.07 Å². The highest BCUT2D eigenvalue weighted by Crippen LogP contribution is 2.81. The maximum Gasteiger partial charge on any atom is 0.160 e. The molecule has 12 rings (SSSR count). The maximum atomic E-state index is 16.2. The number of ether oxygens (including phenoxy) is 1. The van der Waals surface area contributed by atoms with Crippen molar-refractivity contribution in [2.45, 2.75) is 210 Å². The molecule has 8 aliphatic carbocycles. The molecule has 74 heavy (non-hydrogen) atoms. The number of nitrogen functional groups attached to an aromatic ring is 1. The Bertz CT molecular complexity index is 2550. The average Bonchev–Trinajstić information content (AvgIpc) is 3.84. The summed E-state index contributed by atoms with van der Waals surface area (Å²) in [4.78, 5) is 32.0. The predicted molar refractivity (Wildman–Crippen MR) is 288 cm³/mol. The van der Waals surface area contributed by atoms with Crippen LogP contribution in [0.1, 0.15) is 186 Å². The van der Waals surface area contributed by atoms with Crippen LogP contribution >= 0.6 is 0 Å². The molecule has 2 saturated heterocycles. The number of aromatic hydroxyl groups is 1. The molecular weight excluding hydrogens is 927 g/mol. The van der Waals surface area contributed by atoms with Crippen LogP contribution in [0.5, 0.6) is 5.75 Å². The molecule has 0 amide bonds. The third-order valence-corrected chi connectivity index (χ3v) is 23.5. The highest BCUT2D eigenvalue weighted by Gasteiger charge is 2.79. The van der Waals surface area contributed by atoms with Crippen molar-refractivity contribution in [2.75, 3.05) is 32.5 Å². The quantitative estimate of drug-likeness (QED) is 0.0703. The monoisotopic (exact) mass is 1020 g/mol.